The molecule has 0 aromatic rings. The predicted octanol–water partition coefficient (Wildman–Crippen LogP) is 6.71. The lowest BCUT2D eigenvalue weighted by molar-refractivity contribution is -0.140. The van der Waals surface area contributed by atoms with Crippen LogP contribution in [0.15, 0.2) is 25.3 Å². The van der Waals surface area contributed by atoms with Gasteiger partial charge in [-0.2, -0.15) is 0 Å². The lowest BCUT2D eigenvalue weighted by Crippen LogP contribution is -2.49. The van der Waals surface area contributed by atoms with Crippen LogP contribution in [0.1, 0.15) is 110 Å². The first kappa shape index (κ1) is 24.4. The third-order valence-corrected chi connectivity index (χ3v) is 5.55. The number of hydrogen-bond acceptors (Lipinski definition) is 2. The second-order valence-electron chi connectivity index (χ2n) is 8.09. The Kier molecular flexibility index (Phi) is 14.2. The largest absolute Gasteiger partial charge is 0.387 e. The molecule has 0 fully saturated rings. The van der Waals surface area contributed by atoms with E-state index in [-0.39, 0.29) is 0 Å². The van der Waals surface area contributed by atoms with E-state index in [9.17, 15) is 10.2 Å². The van der Waals surface area contributed by atoms with Crippen LogP contribution in [-0.2, 0) is 0 Å². The summed E-state index contributed by atoms with van der Waals surface area (Å²) in [5, 5.41) is 21.4. The first-order valence-electron chi connectivity index (χ1n) is 10.5. The van der Waals surface area contributed by atoms with E-state index < -0.39 is 11.2 Å². The van der Waals surface area contributed by atoms with Gasteiger partial charge in [0.25, 0.3) is 0 Å². The highest BCUT2D eigenvalue weighted by molar-refractivity contribution is 4.93. The molecular weight excluding hydrogens is 308 g/mol. The minimum atomic E-state index is -0.990. The van der Waals surface area contributed by atoms with Crippen LogP contribution < -0.4 is 0 Å². The van der Waals surface area contributed by atoms with Gasteiger partial charge in [0, 0.05) is 0 Å². The molecule has 0 radical (unpaired) electrons. The van der Waals surface area contributed by atoms with Crippen molar-refractivity contribution >= 4 is 0 Å². The Bertz CT molecular complexity index is 331. The highest BCUT2D eigenvalue weighted by atomic mass is 16.4. The summed E-state index contributed by atoms with van der Waals surface area (Å²) < 4.78 is 0. The average Bonchev–Trinajstić information content (AvgIpc) is 2.56. The molecule has 2 N–H and O–H groups in total. The topological polar surface area (TPSA) is 40.5 Å². The molecule has 2 atom stereocenters. The molecule has 0 saturated heterocycles. The number of hydrogen-bond donors (Lipinski definition) is 2. The molecule has 0 heterocycles. The van der Waals surface area contributed by atoms with Crippen LogP contribution in [0, 0.1) is 0 Å². The van der Waals surface area contributed by atoms with Crippen LogP contribution in [0.25, 0.3) is 0 Å². The monoisotopic (exact) mass is 352 g/mol. The van der Waals surface area contributed by atoms with Crippen molar-refractivity contribution in [3.05, 3.63) is 25.3 Å². The van der Waals surface area contributed by atoms with Crippen LogP contribution in [0.2, 0.25) is 0 Å². The second kappa shape index (κ2) is 14.6. The second-order valence-corrected chi connectivity index (χ2v) is 8.09. The molecule has 0 aliphatic carbocycles. The zero-order valence-corrected chi connectivity index (χ0v) is 17.1. The molecule has 0 aliphatic rings. The minimum Gasteiger partial charge on any atom is -0.387 e. The molecule has 2 unspecified atom stereocenters. The Morgan fingerprint density at radius 1 is 0.560 bits per heavy atom. The van der Waals surface area contributed by atoms with Gasteiger partial charge in [-0.15, -0.1) is 13.2 Å². The molecule has 0 aromatic heterocycles. The van der Waals surface area contributed by atoms with Crippen LogP contribution >= 0.6 is 0 Å². The number of unbranched alkanes of at least 4 members (excludes halogenated alkanes) is 11. The summed E-state index contributed by atoms with van der Waals surface area (Å²) in [4.78, 5) is 0. The van der Waals surface area contributed by atoms with Gasteiger partial charge in [-0.25, -0.2) is 0 Å². The van der Waals surface area contributed by atoms with Crippen LogP contribution in [0.3, 0.4) is 0 Å². The van der Waals surface area contributed by atoms with Crippen LogP contribution in [0.5, 0.6) is 0 Å². The molecule has 2 heteroatoms. The van der Waals surface area contributed by atoms with Crippen molar-refractivity contribution in [3.8, 4) is 0 Å². The lowest BCUT2D eigenvalue weighted by Gasteiger charge is -2.39. The lowest BCUT2D eigenvalue weighted by atomic mass is 9.78. The molecule has 2 nitrogen and oxygen atoms in total. The van der Waals surface area contributed by atoms with E-state index in [1.165, 1.54) is 44.9 Å². The summed E-state index contributed by atoms with van der Waals surface area (Å²) in [5.41, 5.74) is -1.98. The molecular formula is C23H44O2. The molecule has 0 aliphatic heterocycles. The van der Waals surface area contributed by atoms with Crippen molar-refractivity contribution in [2.24, 2.45) is 0 Å². The van der Waals surface area contributed by atoms with Gasteiger partial charge in [-0.1, -0.05) is 69.9 Å². The molecule has 0 amide bonds. The van der Waals surface area contributed by atoms with Gasteiger partial charge in [0.1, 0.15) is 0 Å². The third-order valence-electron chi connectivity index (χ3n) is 5.55. The number of rotatable bonds is 18. The zero-order chi connectivity index (χ0) is 19.0. The van der Waals surface area contributed by atoms with E-state index in [1.54, 1.807) is 13.8 Å². The zero-order valence-electron chi connectivity index (χ0n) is 17.1. The Labute approximate surface area is 157 Å². The van der Waals surface area contributed by atoms with Gasteiger partial charge in [0.15, 0.2) is 0 Å². The quantitative estimate of drug-likeness (QED) is 0.212. The van der Waals surface area contributed by atoms with E-state index in [0.717, 1.165) is 38.5 Å². The van der Waals surface area contributed by atoms with Crippen LogP contribution in [0.4, 0.5) is 0 Å². The molecule has 0 rings (SSSR count). The Morgan fingerprint density at radius 2 is 0.840 bits per heavy atom. The first-order chi connectivity index (χ1) is 11.9. The SMILES string of the molecule is C=CCCCCCCCCCC(C)(O)C(C)(O)CCCCCCC=C. The Morgan fingerprint density at radius 3 is 1.16 bits per heavy atom. The van der Waals surface area contributed by atoms with Gasteiger partial charge in [-0.05, 0) is 52.4 Å². The van der Waals surface area contributed by atoms with Crippen LogP contribution in [-0.4, -0.2) is 21.4 Å². The summed E-state index contributed by atoms with van der Waals surface area (Å²) in [6, 6.07) is 0. The van der Waals surface area contributed by atoms with Crippen molar-refractivity contribution in [3.63, 3.8) is 0 Å². The molecule has 0 aromatic carbocycles. The smallest absolute Gasteiger partial charge is 0.0902 e. The molecule has 148 valence electrons. The standard InChI is InChI=1S/C23H44O2/c1-5-7-9-11-13-14-15-17-19-21-23(4,25)22(3,24)20-18-16-12-10-8-6-2/h5-6,24-25H,1-2,7-21H2,3-4H3. The van der Waals surface area contributed by atoms with Crippen molar-refractivity contribution < 1.29 is 10.2 Å². The van der Waals surface area contributed by atoms with E-state index in [0.29, 0.717) is 12.8 Å². The molecule has 0 spiro atoms. The molecule has 0 saturated carbocycles. The summed E-state index contributed by atoms with van der Waals surface area (Å²) in [7, 11) is 0. The minimum absolute atomic E-state index is 0.678. The van der Waals surface area contributed by atoms with E-state index >= 15 is 0 Å². The predicted molar refractivity (Wildman–Crippen MR) is 111 cm³/mol. The first-order valence-corrected chi connectivity index (χ1v) is 10.5. The van der Waals surface area contributed by atoms with Gasteiger partial charge in [0.05, 0.1) is 11.2 Å². The maximum Gasteiger partial charge on any atom is 0.0902 e. The van der Waals surface area contributed by atoms with Crippen molar-refractivity contribution in [2.45, 2.75) is 121 Å². The van der Waals surface area contributed by atoms with Crippen molar-refractivity contribution in [1.29, 1.82) is 0 Å². The summed E-state index contributed by atoms with van der Waals surface area (Å²) >= 11 is 0. The summed E-state index contributed by atoms with van der Waals surface area (Å²) in [6.45, 7) is 11.1. The number of allylic oxidation sites excluding steroid dienone is 2. The Hall–Kier alpha value is -0.600. The Balaban J connectivity index is 3.80. The van der Waals surface area contributed by atoms with E-state index in [1.807, 2.05) is 12.2 Å². The fourth-order valence-corrected chi connectivity index (χ4v) is 3.29. The van der Waals surface area contributed by atoms with Gasteiger partial charge < -0.3 is 10.2 Å². The van der Waals surface area contributed by atoms with Gasteiger partial charge in [-0.3, -0.25) is 0 Å². The number of aliphatic hydroxyl groups is 2. The maximum absolute atomic E-state index is 10.7. The maximum atomic E-state index is 10.7. The van der Waals surface area contributed by atoms with E-state index in [4.69, 9.17) is 0 Å². The normalized spacial score (nSPS) is 16.2. The summed E-state index contributed by atoms with van der Waals surface area (Å²) in [6.07, 6.45) is 20.5. The van der Waals surface area contributed by atoms with Gasteiger partial charge >= 0.3 is 0 Å². The van der Waals surface area contributed by atoms with Gasteiger partial charge in [0.2, 0.25) is 0 Å². The third kappa shape index (κ3) is 12.4. The van der Waals surface area contributed by atoms with Crippen molar-refractivity contribution in [1.82, 2.24) is 0 Å². The average molecular weight is 353 g/mol. The highest BCUT2D eigenvalue weighted by Gasteiger charge is 2.40. The summed E-state index contributed by atoms with van der Waals surface area (Å²) in [5.74, 6) is 0. The fourth-order valence-electron chi connectivity index (χ4n) is 3.29. The highest BCUT2D eigenvalue weighted by Crippen LogP contribution is 2.32. The van der Waals surface area contributed by atoms with E-state index in [2.05, 4.69) is 13.2 Å². The van der Waals surface area contributed by atoms with Crippen molar-refractivity contribution in [2.75, 3.05) is 0 Å². The molecule has 25 heavy (non-hydrogen) atoms. The fraction of sp³-hybridized carbons (Fsp3) is 0.826. The molecule has 0 bridgehead atoms.